The van der Waals surface area contributed by atoms with Crippen LogP contribution in [0.25, 0.3) is 0 Å². The van der Waals surface area contributed by atoms with Gasteiger partial charge in [-0.25, -0.2) is 8.42 Å². The van der Waals surface area contributed by atoms with E-state index in [0.717, 1.165) is 48.8 Å². The highest BCUT2D eigenvalue weighted by Crippen LogP contribution is 2.31. The van der Waals surface area contributed by atoms with E-state index in [9.17, 15) is 13.2 Å². The summed E-state index contributed by atoms with van der Waals surface area (Å²) in [6, 6.07) is 23.1. The first-order valence-electron chi connectivity index (χ1n) is 12.8. The Morgan fingerprint density at radius 3 is 2.14 bits per heavy atom. The van der Waals surface area contributed by atoms with Crippen LogP contribution >= 0.6 is 11.6 Å². The summed E-state index contributed by atoms with van der Waals surface area (Å²) < 4.78 is 29.1. The summed E-state index contributed by atoms with van der Waals surface area (Å²) in [4.78, 5) is 14.0. The molecule has 0 heterocycles. The minimum absolute atomic E-state index is 0.171. The van der Waals surface area contributed by atoms with Crippen molar-refractivity contribution in [1.29, 1.82) is 0 Å². The second kappa shape index (κ2) is 12.2. The number of hydrogen-bond acceptors (Lipinski definition) is 3. The van der Waals surface area contributed by atoms with Gasteiger partial charge in [-0.15, -0.1) is 0 Å². The van der Waals surface area contributed by atoms with Gasteiger partial charge in [0.05, 0.1) is 4.90 Å². The van der Waals surface area contributed by atoms with Crippen molar-refractivity contribution in [2.75, 3.05) is 6.54 Å². The molecule has 1 aliphatic carbocycles. The lowest BCUT2D eigenvalue weighted by Crippen LogP contribution is -2.40. The molecular weight excluding hydrogens is 504 g/mol. The second-order valence-electron chi connectivity index (χ2n) is 10.1. The molecule has 0 N–H and O–H groups in total. The molecule has 1 aliphatic rings. The third kappa shape index (κ3) is 7.01. The molecule has 3 aromatic carbocycles. The highest BCUT2D eigenvalue weighted by molar-refractivity contribution is 7.89. The molecule has 0 aromatic heterocycles. The fraction of sp³-hybridized carbons (Fsp3) is 0.367. The Labute approximate surface area is 226 Å². The molecule has 1 amide bonds. The van der Waals surface area contributed by atoms with Gasteiger partial charge in [-0.1, -0.05) is 77.8 Å². The van der Waals surface area contributed by atoms with E-state index in [1.807, 2.05) is 42.2 Å². The van der Waals surface area contributed by atoms with Gasteiger partial charge in [0.25, 0.3) is 0 Å². The molecule has 3 aromatic rings. The molecule has 7 heteroatoms. The van der Waals surface area contributed by atoms with Crippen LogP contribution in [0, 0.1) is 19.8 Å². The van der Waals surface area contributed by atoms with Crippen molar-refractivity contribution >= 4 is 28.0 Å². The average Bonchev–Trinajstić information content (AvgIpc) is 2.90. The molecular formula is C30H35ClN2O3S. The summed E-state index contributed by atoms with van der Waals surface area (Å²) in [5, 5.41) is 0.448. The largest absolute Gasteiger partial charge is 0.338 e. The molecule has 0 aliphatic heterocycles. The van der Waals surface area contributed by atoms with E-state index in [-0.39, 0.29) is 16.9 Å². The van der Waals surface area contributed by atoms with Crippen LogP contribution in [0.1, 0.15) is 47.9 Å². The Kier molecular flexibility index (Phi) is 9.06. The Morgan fingerprint density at radius 1 is 0.865 bits per heavy atom. The maximum atomic E-state index is 13.7. The summed E-state index contributed by atoms with van der Waals surface area (Å²) in [6.45, 7) is 5.26. The third-order valence-electron chi connectivity index (χ3n) is 7.35. The van der Waals surface area contributed by atoms with Crippen LogP contribution in [-0.4, -0.2) is 36.6 Å². The van der Waals surface area contributed by atoms with Gasteiger partial charge in [0.15, 0.2) is 0 Å². The quantitative estimate of drug-likeness (QED) is 0.282. The summed E-state index contributed by atoms with van der Waals surface area (Å²) >= 11 is 6.29. The van der Waals surface area contributed by atoms with E-state index in [1.54, 1.807) is 22.5 Å². The number of nitrogens with zero attached hydrogens (tertiary/aromatic N) is 2. The van der Waals surface area contributed by atoms with Gasteiger partial charge in [0.1, 0.15) is 0 Å². The summed E-state index contributed by atoms with van der Waals surface area (Å²) in [6.07, 6.45) is 4.44. The fourth-order valence-corrected chi connectivity index (χ4v) is 6.80. The molecule has 1 saturated carbocycles. The lowest BCUT2D eigenvalue weighted by Gasteiger charge is -2.36. The monoisotopic (exact) mass is 538 g/mol. The summed E-state index contributed by atoms with van der Waals surface area (Å²) in [7, 11) is -3.73. The first-order valence-corrected chi connectivity index (χ1v) is 14.6. The topological polar surface area (TPSA) is 57.7 Å². The van der Waals surface area contributed by atoms with Crippen LogP contribution in [0.2, 0.25) is 5.02 Å². The van der Waals surface area contributed by atoms with Gasteiger partial charge in [-0.05, 0) is 74.3 Å². The van der Waals surface area contributed by atoms with Crippen molar-refractivity contribution in [3.63, 3.8) is 0 Å². The van der Waals surface area contributed by atoms with Crippen molar-refractivity contribution < 1.29 is 13.2 Å². The first-order chi connectivity index (χ1) is 17.8. The second-order valence-corrected chi connectivity index (χ2v) is 12.5. The number of benzene rings is 3. The third-order valence-corrected chi connectivity index (χ3v) is 9.57. The summed E-state index contributed by atoms with van der Waals surface area (Å²) in [5.41, 5.74) is 4.11. The molecule has 5 nitrogen and oxygen atoms in total. The Morgan fingerprint density at radius 2 is 1.51 bits per heavy atom. The van der Waals surface area contributed by atoms with Crippen molar-refractivity contribution in [2.24, 2.45) is 5.92 Å². The maximum Gasteiger partial charge on any atom is 0.243 e. The van der Waals surface area contributed by atoms with Crippen molar-refractivity contribution in [3.05, 3.63) is 100 Å². The van der Waals surface area contributed by atoms with E-state index in [2.05, 4.69) is 31.2 Å². The molecule has 196 valence electrons. The number of halogens is 1. The van der Waals surface area contributed by atoms with Crippen LogP contribution in [0.15, 0.2) is 77.7 Å². The van der Waals surface area contributed by atoms with E-state index in [4.69, 9.17) is 11.6 Å². The van der Waals surface area contributed by atoms with Gasteiger partial charge in [-0.3, -0.25) is 4.79 Å². The zero-order valence-electron chi connectivity index (χ0n) is 21.5. The zero-order valence-corrected chi connectivity index (χ0v) is 23.1. The Bertz CT molecular complexity index is 1290. The number of hydrogen-bond donors (Lipinski definition) is 0. The maximum absolute atomic E-state index is 13.7. The smallest absolute Gasteiger partial charge is 0.243 e. The van der Waals surface area contributed by atoms with Gasteiger partial charge in [-0.2, -0.15) is 4.31 Å². The first kappa shape index (κ1) is 27.4. The van der Waals surface area contributed by atoms with Crippen molar-refractivity contribution in [1.82, 2.24) is 9.21 Å². The van der Waals surface area contributed by atoms with Gasteiger partial charge in [0, 0.05) is 30.7 Å². The standard InChI is InChI=1S/C30H35ClN2O3S/c1-23-8-11-26(12-9-23)19-32(22-34)28-15-13-27(14-16-28)21-33(20-25-6-4-3-5-7-25)37(35,36)29-17-10-24(2)30(31)18-29/h3-12,17-18,22,27-28H,13-16,19-21H2,1-2H3. The van der Waals surface area contributed by atoms with Gasteiger partial charge >= 0.3 is 0 Å². The molecule has 1 fully saturated rings. The predicted octanol–water partition coefficient (Wildman–Crippen LogP) is 6.37. The Hall–Kier alpha value is -2.67. The van der Waals surface area contributed by atoms with E-state index in [1.165, 1.54) is 5.56 Å². The minimum atomic E-state index is -3.73. The van der Waals surface area contributed by atoms with Crippen LogP contribution in [0.4, 0.5) is 0 Å². The lowest BCUT2D eigenvalue weighted by atomic mass is 9.85. The minimum Gasteiger partial charge on any atom is -0.338 e. The number of carbonyl (C=O) groups is 1. The van der Waals surface area contributed by atoms with E-state index in [0.29, 0.717) is 24.7 Å². The molecule has 0 bridgehead atoms. The van der Waals surface area contributed by atoms with E-state index >= 15 is 0 Å². The van der Waals surface area contributed by atoms with Gasteiger partial charge < -0.3 is 4.90 Å². The van der Waals surface area contributed by atoms with Crippen LogP contribution in [0.3, 0.4) is 0 Å². The molecule has 0 saturated heterocycles. The Balaban J connectivity index is 1.46. The van der Waals surface area contributed by atoms with Crippen LogP contribution in [0.5, 0.6) is 0 Å². The fourth-order valence-electron chi connectivity index (χ4n) is 5.02. The molecule has 37 heavy (non-hydrogen) atoms. The normalized spacial score (nSPS) is 18.1. The summed E-state index contributed by atoms with van der Waals surface area (Å²) in [5.74, 6) is 0.225. The van der Waals surface area contributed by atoms with Gasteiger partial charge in [0.2, 0.25) is 16.4 Å². The molecule has 0 radical (unpaired) electrons. The van der Waals surface area contributed by atoms with E-state index < -0.39 is 10.0 Å². The highest BCUT2D eigenvalue weighted by Gasteiger charge is 2.31. The number of aryl methyl sites for hydroxylation is 2. The molecule has 4 rings (SSSR count). The van der Waals surface area contributed by atoms with Crippen molar-refractivity contribution in [3.8, 4) is 0 Å². The average molecular weight is 539 g/mol. The van der Waals surface area contributed by atoms with Crippen LogP contribution < -0.4 is 0 Å². The molecule has 0 spiro atoms. The van der Waals surface area contributed by atoms with Crippen LogP contribution in [-0.2, 0) is 27.9 Å². The number of sulfonamides is 1. The number of amides is 1. The zero-order chi connectivity index (χ0) is 26.4. The predicted molar refractivity (Wildman–Crippen MR) is 149 cm³/mol. The number of carbonyl (C=O) groups excluding carboxylic acids is 1. The van der Waals surface area contributed by atoms with Crippen molar-refractivity contribution in [2.45, 2.75) is 63.6 Å². The lowest BCUT2D eigenvalue weighted by molar-refractivity contribution is -0.121. The highest BCUT2D eigenvalue weighted by atomic mass is 35.5. The SMILES string of the molecule is Cc1ccc(CN(C=O)C2CCC(CN(Cc3ccccc3)S(=O)(=O)c3ccc(C)c(Cl)c3)CC2)cc1. The number of rotatable bonds is 10. The molecule has 0 atom stereocenters. The molecule has 0 unspecified atom stereocenters.